The molecule has 2 rings (SSSR count). The van der Waals surface area contributed by atoms with Gasteiger partial charge in [0, 0.05) is 19.0 Å². The minimum atomic E-state index is -0.0337. The summed E-state index contributed by atoms with van der Waals surface area (Å²) in [5.41, 5.74) is 7.05. The van der Waals surface area contributed by atoms with Crippen molar-refractivity contribution in [3.8, 4) is 5.75 Å². The molecule has 1 aromatic rings. The number of halogens is 1. The van der Waals surface area contributed by atoms with E-state index in [2.05, 4.69) is 15.6 Å². The lowest BCUT2D eigenvalue weighted by Crippen LogP contribution is -2.39. The van der Waals surface area contributed by atoms with Crippen LogP contribution in [0.15, 0.2) is 29.3 Å². The Labute approximate surface area is 192 Å². The van der Waals surface area contributed by atoms with E-state index in [0.29, 0.717) is 38.0 Å². The Balaban J connectivity index is 0.00000420. The number of amides is 1. The summed E-state index contributed by atoms with van der Waals surface area (Å²) in [6.45, 7) is 5.16. The number of nitrogens with two attached hydrogens (primary N) is 1. The Bertz CT molecular complexity index is 614. The maximum Gasteiger partial charge on any atom is 0.220 e. The van der Waals surface area contributed by atoms with Gasteiger partial charge in [-0.3, -0.25) is 9.79 Å². The fourth-order valence-electron chi connectivity index (χ4n) is 3.53. The first kappa shape index (κ1) is 25.5. The van der Waals surface area contributed by atoms with E-state index in [1.54, 1.807) is 0 Å². The SMILES string of the molecule is CCOc1ccc(C(C)NC(=O)CCCN=C(N)NC2CCCCCC2)cc1.I. The van der Waals surface area contributed by atoms with E-state index in [1.165, 1.54) is 38.5 Å². The average Bonchev–Trinajstić information content (AvgIpc) is 2.94. The molecule has 0 aliphatic heterocycles. The van der Waals surface area contributed by atoms with Crippen molar-refractivity contribution in [2.75, 3.05) is 13.2 Å². The standard InChI is InChI=1S/C22H36N4O2.HI/c1-3-28-20-14-12-18(13-15-20)17(2)25-21(27)11-8-16-24-22(23)26-19-9-6-4-5-7-10-19;/h12-15,17,19H,3-11,16H2,1-2H3,(H,25,27)(H3,23,24,26);1H. The Kier molecular flexibility index (Phi) is 12.7. The van der Waals surface area contributed by atoms with Gasteiger partial charge in [-0.15, -0.1) is 24.0 Å². The average molecular weight is 516 g/mol. The van der Waals surface area contributed by atoms with Gasteiger partial charge in [0.15, 0.2) is 5.96 Å². The molecule has 1 aliphatic carbocycles. The molecule has 1 aromatic carbocycles. The Morgan fingerprint density at radius 3 is 2.48 bits per heavy atom. The van der Waals surface area contributed by atoms with E-state index in [0.717, 1.165) is 11.3 Å². The number of nitrogens with zero attached hydrogens (tertiary/aromatic N) is 1. The van der Waals surface area contributed by atoms with Gasteiger partial charge < -0.3 is 21.1 Å². The van der Waals surface area contributed by atoms with Crippen molar-refractivity contribution in [3.63, 3.8) is 0 Å². The number of carbonyl (C=O) groups is 1. The number of hydrogen-bond acceptors (Lipinski definition) is 3. The third kappa shape index (κ3) is 10.2. The molecule has 0 bridgehead atoms. The Morgan fingerprint density at radius 1 is 1.21 bits per heavy atom. The Morgan fingerprint density at radius 2 is 1.86 bits per heavy atom. The molecule has 7 heteroatoms. The van der Waals surface area contributed by atoms with Gasteiger partial charge in [0.05, 0.1) is 12.6 Å². The van der Waals surface area contributed by atoms with Crippen LogP contribution in [0.3, 0.4) is 0 Å². The highest BCUT2D eigenvalue weighted by atomic mass is 127. The van der Waals surface area contributed by atoms with Gasteiger partial charge in [-0.2, -0.15) is 0 Å². The summed E-state index contributed by atoms with van der Waals surface area (Å²) in [6.07, 6.45) is 8.63. The summed E-state index contributed by atoms with van der Waals surface area (Å²) in [5, 5.41) is 6.36. The molecule has 1 amide bonds. The zero-order valence-corrected chi connectivity index (χ0v) is 20.1. The normalized spacial score (nSPS) is 16.3. The number of aliphatic imine (C=N–C) groups is 1. The molecule has 1 aliphatic rings. The van der Waals surface area contributed by atoms with Crippen molar-refractivity contribution in [3.05, 3.63) is 29.8 Å². The van der Waals surface area contributed by atoms with Crippen molar-refractivity contribution >= 4 is 35.8 Å². The molecule has 164 valence electrons. The van der Waals surface area contributed by atoms with Crippen LogP contribution in [0.5, 0.6) is 5.75 Å². The molecule has 1 fully saturated rings. The van der Waals surface area contributed by atoms with Gasteiger partial charge in [-0.25, -0.2) is 0 Å². The molecule has 0 radical (unpaired) electrons. The van der Waals surface area contributed by atoms with Crippen LogP contribution in [0, 0.1) is 0 Å². The lowest BCUT2D eigenvalue weighted by Gasteiger charge is -2.16. The van der Waals surface area contributed by atoms with Crippen molar-refractivity contribution in [1.29, 1.82) is 0 Å². The number of rotatable bonds is 9. The van der Waals surface area contributed by atoms with Crippen molar-refractivity contribution < 1.29 is 9.53 Å². The first-order valence-corrected chi connectivity index (χ1v) is 10.7. The summed E-state index contributed by atoms with van der Waals surface area (Å²) < 4.78 is 5.45. The summed E-state index contributed by atoms with van der Waals surface area (Å²) in [4.78, 5) is 16.5. The van der Waals surface area contributed by atoms with E-state index in [4.69, 9.17) is 10.5 Å². The number of benzene rings is 1. The monoisotopic (exact) mass is 516 g/mol. The molecule has 1 atom stereocenters. The van der Waals surface area contributed by atoms with Crippen LogP contribution in [0.1, 0.15) is 76.8 Å². The smallest absolute Gasteiger partial charge is 0.220 e. The zero-order chi connectivity index (χ0) is 20.2. The predicted octanol–water partition coefficient (Wildman–Crippen LogP) is 4.29. The second-order valence-electron chi connectivity index (χ2n) is 7.49. The van der Waals surface area contributed by atoms with Crippen molar-refractivity contribution in [2.45, 2.75) is 77.3 Å². The van der Waals surface area contributed by atoms with Crippen LogP contribution in [0.25, 0.3) is 0 Å². The van der Waals surface area contributed by atoms with Crippen LogP contribution in [-0.2, 0) is 4.79 Å². The molecular formula is C22H37IN4O2. The quantitative estimate of drug-likeness (QED) is 0.150. The van der Waals surface area contributed by atoms with E-state index >= 15 is 0 Å². The highest BCUT2D eigenvalue weighted by molar-refractivity contribution is 14.0. The predicted molar refractivity (Wildman–Crippen MR) is 130 cm³/mol. The van der Waals surface area contributed by atoms with Gasteiger partial charge in [0.2, 0.25) is 5.91 Å². The Hall–Kier alpha value is -1.51. The lowest BCUT2D eigenvalue weighted by atomic mass is 10.1. The van der Waals surface area contributed by atoms with Gasteiger partial charge in [0.25, 0.3) is 0 Å². The molecule has 29 heavy (non-hydrogen) atoms. The first-order valence-electron chi connectivity index (χ1n) is 10.7. The number of hydrogen-bond donors (Lipinski definition) is 3. The summed E-state index contributed by atoms with van der Waals surface area (Å²) >= 11 is 0. The largest absolute Gasteiger partial charge is 0.494 e. The minimum Gasteiger partial charge on any atom is -0.494 e. The van der Waals surface area contributed by atoms with E-state index in [-0.39, 0.29) is 35.9 Å². The van der Waals surface area contributed by atoms with Crippen LogP contribution in [-0.4, -0.2) is 31.1 Å². The molecule has 4 N–H and O–H groups in total. The highest BCUT2D eigenvalue weighted by Gasteiger charge is 2.12. The number of nitrogens with one attached hydrogen (secondary N) is 2. The molecule has 0 saturated heterocycles. The number of guanidine groups is 1. The van der Waals surface area contributed by atoms with E-state index in [1.807, 2.05) is 38.1 Å². The zero-order valence-electron chi connectivity index (χ0n) is 17.8. The number of ether oxygens (including phenoxy) is 1. The van der Waals surface area contributed by atoms with Gasteiger partial charge in [-0.1, -0.05) is 37.8 Å². The highest BCUT2D eigenvalue weighted by Crippen LogP contribution is 2.18. The van der Waals surface area contributed by atoms with Gasteiger partial charge in [-0.05, 0) is 50.8 Å². The third-order valence-electron chi connectivity index (χ3n) is 5.12. The number of carbonyl (C=O) groups excluding carboxylic acids is 1. The second-order valence-corrected chi connectivity index (χ2v) is 7.49. The maximum atomic E-state index is 12.2. The van der Waals surface area contributed by atoms with Crippen LogP contribution in [0.4, 0.5) is 0 Å². The van der Waals surface area contributed by atoms with Crippen molar-refractivity contribution in [2.24, 2.45) is 10.7 Å². The first-order chi connectivity index (χ1) is 13.6. The summed E-state index contributed by atoms with van der Waals surface area (Å²) in [5.74, 6) is 1.39. The van der Waals surface area contributed by atoms with E-state index in [9.17, 15) is 4.79 Å². The lowest BCUT2D eigenvalue weighted by molar-refractivity contribution is -0.121. The van der Waals surface area contributed by atoms with E-state index < -0.39 is 0 Å². The third-order valence-corrected chi connectivity index (χ3v) is 5.12. The summed E-state index contributed by atoms with van der Waals surface area (Å²) in [7, 11) is 0. The fourth-order valence-corrected chi connectivity index (χ4v) is 3.53. The van der Waals surface area contributed by atoms with Crippen LogP contribution < -0.4 is 21.1 Å². The molecular weight excluding hydrogens is 479 g/mol. The molecule has 1 saturated carbocycles. The molecule has 0 spiro atoms. The van der Waals surface area contributed by atoms with Crippen molar-refractivity contribution in [1.82, 2.24) is 10.6 Å². The van der Waals surface area contributed by atoms with Crippen LogP contribution in [0.2, 0.25) is 0 Å². The fraction of sp³-hybridized carbons (Fsp3) is 0.636. The minimum absolute atomic E-state index is 0. The molecule has 0 heterocycles. The van der Waals surface area contributed by atoms with Gasteiger partial charge in [0.1, 0.15) is 5.75 Å². The summed E-state index contributed by atoms with van der Waals surface area (Å²) in [6, 6.07) is 8.25. The van der Waals surface area contributed by atoms with Gasteiger partial charge >= 0.3 is 0 Å². The maximum absolute atomic E-state index is 12.2. The molecule has 1 unspecified atom stereocenters. The molecule has 6 nitrogen and oxygen atoms in total. The topological polar surface area (TPSA) is 88.7 Å². The van der Waals surface area contributed by atoms with Crippen LogP contribution >= 0.6 is 24.0 Å². The second kappa shape index (κ2) is 14.5. The molecule has 0 aromatic heterocycles.